The molecule has 1 aliphatic carbocycles. The highest BCUT2D eigenvalue weighted by Gasteiger charge is 2.54. The number of ketones is 3. The summed E-state index contributed by atoms with van der Waals surface area (Å²) in [6.07, 6.45) is 21.6. The lowest BCUT2D eigenvalue weighted by molar-refractivity contribution is -0.265. The highest BCUT2D eigenvalue weighted by molar-refractivity contribution is 6.39. The fourth-order valence-electron chi connectivity index (χ4n) is 20.2. The van der Waals surface area contributed by atoms with Crippen molar-refractivity contribution >= 4 is 86.9 Å². The van der Waals surface area contributed by atoms with Crippen LogP contribution >= 0.6 is 0 Å². The normalized spacial score (nSPS) is 27.9. The van der Waals surface area contributed by atoms with E-state index < -0.39 is 102 Å². The Morgan fingerprint density at radius 3 is 2.22 bits per heavy atom. The van der Waals surface area contributed by atoms with Crippen molar-refractivity contribution in [3.63, 3.8) is 0 Å². The first-order valence-corrected chi connectivity index (χ1v) is 48.5. The first-order valence-electron chi connectivity index (χ1n) is 48.5. The van der Waals surface area contributed by atoms with Gasteiger partial charge in [0.2, 0.25) is 23.6 Å². The Morgan fingerprint density at radius 1 is 0.721 bits per heavy atom. The molecule has 5 N–H and O–H groups in total. The number of rotatable bonds is 18. The molecule has 7 aliphatic heterocycles. The number of pyridine rings is 1. The molecule has 6 aromatic heterocycles. The van der Waals surface area contributed by atoms with Gasteiger partial charge in [-0.25, -0.2) is 49.2 Å². The molecular weight excluding hydrogens is 1740 g/mol. The third kappa shape index (κ3) is 24.1. The second-order valence-electron chi connectivity index (χ2n) is 37.9. The van der Waals surface area contributed by atoms with Crippen LogP contribution < -0.4 is 15.5 Å². The number of nitrogens with two attached hydrogens (primary N) is 1. The summed E-state index contributed by atoms with van der Waals surface area (Å²) in [5.41, 5.74) is 16.3. The van der Waals surface area contributed by atoms with E-state index >= 15 is 0 Å². The van der Waals surface area contributed by atoms with Crippen molar-refractivity contribution in [3.8, 4) is 11.3 Å². The van der Waals surface area contributed by atoms with E-state index in [4.69, 9.17) is 49.0 Å². The molecule has 136 heavy (non-hydrogen) atoms. The minimum absolute atomic E-state index is 0.00935. The number of aromatic nitrogens is 10. The topological polar surface area (TPSA) is 414 Å². The van der Waals surface area contributed by atoms with Crippen LogP contribution in [0.25, 0.3) is 33.3 Å². The molecule has 0 spiro atoms. The van der Waals surface area contributed by atoms with Gasteiger partial charge in [-0.3, -0.25) is 28.8 Å². The maximum Gasteiger partial charge on any atom is 0.410 e. The van der Waals surface area contributed by atoms with Gasteiger partial charge in [0, 0.05) is 191 Å². The van der Waals surface area contributed by atoms with E-state index in [1.54, 1.807) is 70.8 Å². The van der Waals surface area contributed by atoms with Gasteiger partial charge in [0.05, 0.1) is 61.1 Å². The number of aliphatic hydroxyl groups is 2. The molecule has 4 saturated heterocycles. The predicted molar refractivity (Wildman–Crippen MR) is 511 cm³/mol. The van der Waals surface area contributed by atoms with Crippen LogP contribution in [0, 0.1) is 35.5 Å². The predicted octanol–water partition coefficient (Wildman–Crippen LogP) is 10.4. The van der Waals surface area contributed by atoms with Gasteiger partial charge < -0.3 is 88.4 Å². The molecular formula is C101H136N18O17. The number of ether oxygens (including phenoxy) is 7. The number of allylic oxidation sites excluding steroid dienone is 6. The number of benzene rings is 1. The smallest absolute Gasteiger partial charge is 0.410 e. The lowest BCUT2D eigenvalue weighted by Crippen LogP contribution is -2.61. The second kappa shape index (κ2) is 46.3. The van der Waals surface area contributed by atoms with Gasteiger partial charge in [-0.1, -0.05) is 96.2 Å². The molecule has 35 nitrogen and oxygen atoms in total. The largest absolute Gasteiger partial charge is 0.460 e. The number of anilines is 3. The van der Waals surface area contributed by atoms with Gasteiger partial charge in [-0.15, -0.1) is 0 Å². The molecule has 35 heteroatoms. The lowest BCUT2D eigenvalue weighted by Gasteiger charge is -2.42. The number of H-pyrrole nitrogens is 1. The summed E-state index contributed by atoms with van der Waals surface area (Å²) >= 11 is 0. The summed E-state index contributed by atoms with van der Waals surface area (Å²) in [7, 11) is 4.53. The Kier molecular flexibility index (Phi) is 34.3. The fraction of sp³-hybridized carbons (Fsp3) is 0.584. The van der Waals surface area contributed by atoms with Crippen LogP contribution in [0.5, 0.6) is 0 Å². The number of methoxy groups -OCH3 is 3. The minimum Gasteiger partial charge on any atom is -0.460 e. The Balaban J connectivity index is 0.000000266. The molecule has 4 amide bonds. The van der Waals surface area contributed by atoms with Gasteiger partial charge in [-0.2, -0.15) is 5.10 Å². The molecule has 732 valence electrons. The molecule has 1 saturated carbocycles. The zero-order chi connectivity index (χ0) is 96.6. The van der Waals surface area contributed by atoms with E-state index in [9.17, 15) is 48.6 Å². The van der Waals surface area contributed by atoms with Gasteiger partial charge in [0.1, 0.15) is 59.7 Å². The SMILES string of the molecule is CCN1CCN(c2ncc(C(=O)N3CCc4cc(Cn5nc(-c6cnc7[nH]ccc7c6)c6c(N)ncnc65)ccc4C3)cn2)CC1.CCOCCC(=O)N1CCN(c2ncc3c(n2)CCN(C(=O)O[C@@H]2CC[C@@H](C[C@@H](C)[C@@H]4CC(=O)[C@H](C)/C=C(\C)[C@@H](O)[C@@H](OC)C(=O)[C@H](C)C[C@H](C)/C=C/C=C/C=C(\C)[C@@H](OC)C[C@@H]5CC[C@@H](C)[C@@](O)(O5)C(=O)C(=O)N5CCCC[C@H]5C(=O)O4)C[C@H]2OC)C3)CC1. The van der Waals surface area contributed by atoms with Crippen molar-refractivity contribution in [3.05, 3.63) is 149 Å². The van der Waals surface area contributed by atoms with Crippen LogP contribution in [-0.4, -0.2) is 299 Å². The number of piperazine rings is 2. The Morgan fingerprint density at radius 2 is 1.47 bits per heavy atom. The molecule has 7 aromatic rings. The van der Waals surface area contributed by atoms with Crippen LogP contribution in [0.3, 0.4) is 0 Å². The average molecular weight is 1870 g/mol. The number of aliphatic hydroxyl groups excluding tert-OH is 1. The van der Waals surface area contributed by atoms with Crippen molar-refractivity contribution in [2.24, 2.45) is 35.5 Å². The number of Topliss-reactive ketones (excluding diaryl/α,β-unsaturated/α-hetero) is 3. The van der Waals surface area contributed by atoms with E-state index in [-0.39, 0.29) is 61.1 Å². The molecule has 1 aromatic carbocycles. The first kappa shape index (κ1) is 101. The summed E-state index contributed by atoms with van der Waals surface area (Å²) in [5.74, 6) is -6.83. The fourth-order valence-corrected chi connectivity index (χ4v) is 20.2. The minimum atomic E-state index is -2.47. The summed E-state index contributed by atoms with van der Waals surface area (Å²) < 4.78 is 43.6. The number of nitrogen functional groups attached to an aromatic ring is 1. The average Bonchev–Trinajstić information content (AvgIpc) is 1.56. The summed E-state index contributed by atoms with van der Waals surface area (Å²) in [6.45, 7) is 27.3. The highest BCUT2D eigenvalue weighted by Crippen LogP contribution is 2.41. The zero-order valence-electron chi connectivity index (χ0n) is 80.8. The Labute approximate surface area is 795 Å². The van der Waals surface area contributed by atoms with Crippen LogP contribution in [0.2, 0.25) is 0 Å². The third-order valence-electron chi connectivity index (χ3n) is 28.6. The Hall–Kier alpha value is -11.2. The molecule has 13 heterocycles. The Bertz CT molecular complexity index is 5490. The van der Waals surface area contributed by atoms with E-state index in [1.807, 2.05) is 97.8 Å². The van der Waals surface area contributed by atoms with Gasteiger partial charge in [0.25, 0.3) is 17.6 Å². The number of hydrogen-bond acceptors (Lipinski definition) is 29. The highest BCUT2D eigenvalue weighted by atomic mass is 16.6. The van der Waals surface area contributed by atoms with E-state index in [2.05, 4.69) is 74.7 Å². The molecule has 15 rings (SSSR count). The third-order valence-corrected chi connectivity index (χ3v) is 28.6. The number of esters is 1. The lowest BCUT2D eigenvalue weighted by atomic mass is 9.78. The maximum atomic E-state index is 14.8. The molecule has 2 bridgehead atoms. The number of piperidine rings is 1. The number of nitrogens with zero attached hydrogens (tertiary/aromatic N) is 16. The van der Waals surface area contributed by atoms with Crippen molar-refractivity contribution in [1.82, 2.24) is 74.2 Å². The monoisotopic (exact) mass is 1870 g/mol. The molecule has 0 unspecified atom stereocenters. The van der Waals surface area contributed by atoms with E-state index in [0.29, 0.717) is 188 Å². The number of carbonyl (C=O) groups excluding carboxylic acids is 8. The van der Waals surface area contributed by atoms with Crippen LogP contribution in [0.1, 0.15) is 184 Å². The number of likely N-dealkylation sites (N-methyl/N-ethyl adjacent to an activating group) is 1. The van der Waals surface area contributed by atoms with Gasteiger partial charge >= 0.3 is 12.1 Å². The number of amides is 4. The molecule has 5 fully saturated rings. The first-order chi connectivity index (χ1) is 65.5. The van der Waals surface area contributed by atoms with Crippen LogP contribution in [0.4, 0.5) is 22.5 Å². The molecule has 15 atom stereocenters. The van der Waals surface area contributed by atoms with Crippen molar-refractivity contribution < 1.29 is 81.7 Å². The van der Waals surface area contributed by atoms with Crippen LogP contribution in [0.15, 0.2) is 115 Å². The molecule has 8 aliphatic rings. The summed E-state index contributed by atoms with van der Waals surface area (Å²) in [4.78, 5) is 160. The molecule has 0 radical (unpaired) electrons. The summed E-state index contributed by atoms with van der Waals surface area (Å²) in [5, 5.41) is 30.4. The number of fused-ring (bicyclic) bond motifs is 7. The quantitative estimate of drug-likeness (QED) is 0.0268. The number of nitrogens with one attached hydrogen (secondary N) is 1. The van der Waals surface area contributed by atoms with Crippen LogP contribution in [-0.2, 0) is 94.4 Å². The van der Waals surface area contributed by atoms with Gasteiger partial charge in [0.15, 0.2) is 11.4 Å². The number of hydrogen-bond donors (Lipinski definition) is 4. The summed E-state index contributed by atoms with van der Waals surface area (Å²) in [6, 6.07) is 9.23. The zero-order valence-corrected chi connectivity index (χ0v) is 80.8. The van der Waals surface area contributed by atoms with E-state index in [0.717, 1.165) is 83.7 Å². The second-order valence-corrected chi connectivity index (χ2v) is 37.9. The number of carbonyl (C=O) groups is 8. The van der Waals surface area contributed by atoms with Gasteiger partial charge in [-0.05, 0) is 156 Å². The maximum absolute atomic E-state index is 14.8. The number of aromatic amines is 1. The van der Waals surface area contributed by atoms with Crippen molar-refractivity contribution in [2.45, 2.75) is 233 Å². The van der Waals surface area contributed by atoms with Crippen molar-refractivity contribution in [1.29, 1.82) is 0 Å². The van der Waals surface area contributed by atoms with E-state index in [1.165, 1.54) is 23.9 Å². The standard InChI is InChI=1S/C68H102N6O16.C33H34N12O/c1-12-87-33-26-59(76)71-29-31-72(32-30-71)66-69-40-50-41-73(28-25-52(50)70-66)67(82)89-55-24-22-49(37-58(55)85-10)36-45(5)57-39-54(75)44(4)35-47(7)61(78)62(86-11)60(77)46(6)34-42(2)18-14-13-15-19-43(3)56(84-9)38-51-23-21-48(8)68(83,90-51)63(79)64(80)74-27-17-16-20-53(74)65(81)88-57;1-2-42-9-11-43(12-10-42)33-37-16-26(17-38-33)32(46)44-8-6-22-13-21(3-4-24(22)19-44)18-45-31-27(29(34)39-20-40-31)28(41-45)25-14-23-5-7-35-30(23)36-15-25/h13-15,18-19,35,40,42,44-46,48-49,51,53,55-58,61-62,78,83H,12,16-17,20-34,36-39,41H2,1-11H3;3-5,7,13-17,20H,2,6,8-12,18-19H2,1H3,(H,35,36)(H2,34,39,40)/b15-13+,18-14+,43-19+,47-35+;/t42-,44-,45-,46-,48-,49+,51+,53+,55-,56+,57+,58-,61-,62+,68-;/m1./s1. The van der Waals surface area contributed by atoms with Crippen molar-refractivity contribution in [2.75, 3.05) is 129 Å². The number of cyclic esters (lactones) is 1.